The number of aromatic amines is 1. The minimum absolute atomic E-state index is 0. The van der Waals surface area contributed by atoms with Gasteiger partial charge in [0.05, 0.1) is 17.1 Å². The van der Waals surface area contributed by atoms with Crippen molar-refractivity contribution in [3.63, 3.8) is 0 Å². The Kier molecular flexibility index (Phi) is 21.6. The van der Waals surface area contributed by atoms with Gasteiger partial charge in [0.1, 0.15) is 33.9 Å². The number of nitrogens with zero attached hydrogens (tertiary/aromatic N) is 5. The fourth-order valence-electron chi connectivity index (χ4n) is 4.86. The average molecular weight is 1040 g/mol. The number of halogens is 5. The number of likely N-dealkylation sites (tertiary alicyclic amines) is 2. The van der Waals surface area contributed by atoms with Gasteiger partial charge in [-0.05, 0) is 79.7 Å². The van der Waals surface area contributed by atoms with E-state index in [-0.39, 0.29) is 146 Å². The summed E-state index contributed by atoms with van der Waals surface area (Å²) in [5.74, 6) is 0.816. The maximum atomic E-state index is 14.0. The Morgan fingerprint density at radius 1 is 0.887 bits per heavy atom. The summed E-state index contributed by atoms with van der Waals surface area (Å²) >= 11 is 8.85. The molecule has 6 rings (SSSR count). The van der Waals surface area contributed by atoms with Crippen LogP contribution in [0.4, 0.5) is 18.4 Å². The van der Waals surface area contributed by atoms with Gasteiger partial charge in [-0.3, -0.25) is 4.79 Å². The predicted molar refractivity (Wildman–Crippen MR) is 201 cm³/mol. The molecule has 2 aromatic carbocycles. The summed E-state index contributed by atoms with van der Waals surface area (Å²) in [5.41, 5.74) is 1.35. The van der Waals surface area contributed by atoms with Crippen LogP contribution in [0, 0.1) is 25.5 Å². The fourth-order valence-corrected chi connectivity index (χ4v) is 6.66. The van der Waals surface area contributed by atoms with E-state index in [0.717, 1.165) is 40.2 Å². The van der Waals surface area contributed by atoms with Gasteiger partial charge in [0, 0.05) is 39.0 Å². The van der Waals surface area contributed by atoms with E-state index >= 15 is 0 Å². The summed E-state index contributed by atoms with van der Waals surface area (Å²) in [5, 5.41) is 8.43. The van der Waals surface area contributed by atoms with Crippen molar-refractivity contribution in [1.82, 2.24) is 29.3 Å². The number of aromatic nitrogens is 4. The van der Waals surface area contributed by atoms with Crippen molar-refractivity contribution >= 4 is 95.2 Å². The number of hydrogen-bond acceptors (Lipinski definition) is 9. The summed E-state index contributed by atoms with van der Waals surface area (Å²) < 4.78 is 41.7. The molecule has 13 nitrogen and oxygen atoms in total. The van der Waals surface area contributed by atoms with Crippen LogP contribution in [0.15, 0.2) is 33.2 Å². The van der Waals surface area contributed by atoms with Crippen molar-refractivity contribution in [2.45, 2.75) is 76.6 Å². The molecule has 0 radical (unpaired) electrons. The molecule has 2 amide bonds. The third-order valence-corrected chi connectivity index (χ3v) is 8.62. The van der Waals surface area contributed by atoms with Crippen LogP contribution >= 0.6 is 54.5 Å². The predicted octanol–water partition coefficient (Wildman–Crippen LogP) is 1.41. The van der Waals surface area contributed by atoms with Crippen LogP contribution in [0.3, 0.4) is 0 Å². The van der Waals surface area contributed by atoms with Gasteiger partial charge in [0.2, 0.25) is 0 Å². The van der Waals surface area contributed by atoms with Crippen LogP contribution in [0.5, 0.6) is 0 Å². The maximum Gasteiger partial charge on any atom is 1.00 e. The van der Waals surface area contributed by atoms with E-state index in [9.17, 15) is 18.4 Å². The smallest absolute Gasteiger partial charge is 1.00 e. The van der Waals surface area contributed by atoms with Gasteiger partial charge in [-0.2, -0.15) is 0 Å². The Morgan fingerprint density at radius 2 is 1.34 bits per heavy atom. The van der Waals surface area contributed by atoms with Gasteiger partial charge >= 0.3 is 115 Å². The largest absolute Gasteiger partial charge is 1.00 e. The quantitative estimate of drug-likeness (QED) is 0.0785. The zero-order valence-corrected chi connectivity index (χ0v) is 42.9. The van der Waals surface area contributed by atoms with Gasteiger partial charge in [-0.1, -0.05) is 54.5 Å². The molecule has 20 heteroatoms. The summed E-state index contributed by atoms with van der Waals surface area (Å²) in [4.78, 5) is 49.2. The number of alkyl halides is 1. The first kappa shape index (κ1) is 51.2. The van der Waals surface area contributed by atoms with E-state index in [1.165, 1.54) is 12.1 Å². The minimum atomic E-state index is -0.506. The first-order chi connectivity index (χ1) is 23.6. The minimum Gasteiger partial charge on any atom is -1.00 e. The first-order valence-electron chi connectivity index (χ1n) is 15.6. The maximum absolute atomic E-state index is 14.0. The van der Waals surface area contributed by atoms with Crippen LogP contribution in [0.25, 0.3) is 22.1 Å². The molecule has 2 aliphatic rings. The molecule has 2 aliphatic heterocycles. The second-order valence-corrected chi connectivity index (χ2v) is 17.2. The van der Waals surface area contributed by atoms with Gasteiger partial charge < -0.3 is 40.4 Å². The number of amides is 2. The number of imidazole rings is 2. The van der Waals surface area contributed by atoms with Crippen LogP contribution < -0.4 is 108 Å². The van der Waals surface area contributed by atoms with Gasteiger partial charge in [0.15, 0.2) is 11.6 Å². The Hall–Kier alpha value is 0.173. The molecule has 1 N–H and O–H groups in total. The molecule has 2 saturated heterocycles. The summed E-state index contributed by atoms with van der Waals surface area (Å²) in [7, 11) is 0. The molecule has 0 unspecified atom stereocenters. The molecular formula is C33H41Br2F2IK2N6O7. The molecule has 0 spiro atoms. The van der Waals surface area contributed by atoms with Crippen LogP contribution in [0.1, 0.15) is 60.7 Å². The molecule has 0 aliphatic carbocycles. The third-order valence-electron chi connectivity index (χ3n) is 6.92. The summed E-state index contributed by atoms with van der Waals surface area (Å²) in [6, 6.07) is 6.56. The van der Waals surface area contributed by atoms with Crippen molar-refractivity contribution in [3.05, 3.63) is 56.5 Å². The van der Waals surface area contributed by atoms with E-state index in [4.69, 9.17) is 19.5 Å². The van der Waals surface area contributed by atoms with E-state index < -0.39 is 5.60 Å². The van der Waals surface area contributed by atoms with Crippen LogP contribution in [0.2, 0.25) is 0 Å². The monoisotopic (exact) mass is 1030 g/mol. The second kappa shape index (κ2) is 22.4. The van der Waals surface area contributed by atoms with Gasteiger partial charge in [0.25, 0.3) is 6.47 Å². The third kappa shape index (κ3) is 15.8. The van der Waals surface area contributed by atoms with E-state index in [2.05, 4.69) is 74.3 Å². The zero-order chi connectivity index (χ0) is 38.4. The van der Waals surface area contributed by atoms with E-state index in [1.807, 2.05) is 59.1 Å². The fraction of sp³-hybridized carbons (Fsp3) is 0.485. The number of H-pyrrole nitrogens is 1. The number of aryl methyl sites for hydroxylation is 2. The normalized spacial score (nSPS) is 14.0. The summed E-state index contributed by atoms with van der Waals surface area (Å²) in [6.45, 7) is 17.4. The molecule has 53 heavy (non-hydrogen) atoms. The number of rotatable bonds is 2. The standard InChI is InChI=1S/C16H19BrFN3O2.C8H6BrFN2.C8H14INO2.CH2O3.2K.H/c1-9-19-14-12(18)5-10(17)6-13(14)21(9)11-7-20(8-11)15(22)23-16(2,3)4;1-4-11-7-3-5(9)2-6(10)8(7)12-4;1-8(2,3)12-7(11)10-4-6(9)5-10;2-1-4-3;;;/h5-6,11H,7-8H2,1-4H3;2-3H,1H3,(H,11,12);6H,4-5H2,1-3H3;1,3H;;;/q;;;;2*+1;-1/p-1. The average Bonchev–Trinajstić information content (AvgIpc) is 3.48. The Balaban J connectivity index is 0.000000775. The molecule has 2 aromatic heterocycles. The van der Waals surface area contributed by atoms with Crippen molar-refractivity contribution in [3.8, 4) is 0 Å². The zero-order valence-electron chi connectivity index (χ0n) is 32.4. The molecule has 2 fully saturated rings. The van der Waals surface area contributed by atoms with Gasteiger partial charge in [-0.15, -0.1) is 0 Å². The molecule has 4 aromatic rings. The molecule has 0 saturated carbocycles. The number of fused-ring (bicyclic) bond motifs is 2. The first-order valence-corrected chi connectivity index (χ1v) is 18.4. The van der Waals surface area contributed by atoms with Crippen molar-refractivity contribution < 1.29 is 147 Å². The second-order valence-electron chi connectivity index (χ2n) is 13.6. The Bertz CT molecular complexity index is 1870. The Morgan fingerprint density at radius 3 is 1.79 bits per heavy atom. The Labute approximate surface area is 424 Å². The molecule has 4 heterocycles. The van der Waals surface area contributed by atoms with E-state index in [1.54, 1.807) is 22.8 Å². The number of carbonyl (C=O) groups is 3. The SMILES string of the molecule is CC(C)(C)OC(=O)N1CC(I)C1.Cc1nc2c(F)cc(Br)cc2[nH]1.Cc1nc2c(F)cc(Br)cc2n1C1CN(C(=O)OC(C)(C)C)C1.O=CO[O-].[H-].[K+].[K+]. The number of benzene rings is 2. The van der Waals surface area contributed by atoms with Gasteiger partial charge in [-0.25, -0.2) is 28.3 Å². The molecule has 0 atom stereocenters. The number of nitrogens with one attached hydrogen (secondary N) is 1. The van der Waals surface area contributed by atoms with Crippen LogP contribution in [-0.2, 0) is 19.2 Å². The van der Waals surface area contributed by atoms with Crippen molar-refractivity contribution in [2.24, 2.45) is 0 Å². The number of carbonyl (C=O) groups excluding carboxylic acids is 3. The molecule has 282 valence electrons. The van der Waals surface area contributed by atoms with Crippen molar-refractivity contribution in [2.75, 3.05) is 26.2 Å². The van der Waals surface area contributed by atoms with E-state index in [0.29, 0.717) is 32.5 Å². The number of ether oxygens (including phenoxy) is 2. The molecular weight excluding hydrogens is 995 g/mol. The topological polar surface area (TPSA) is 155 Å². The summed E-state index contributed by atoms with van der Waals surface area (Å²) in [6.07, 6.45) is -0.501. The van der Waals surface area contributed by atoms with Crippen LogP contribution in [-0.4, -0.2) is 89.3 Å². The number of hydrogen-bond donors (Lipinski definition) is 1. The molecule has 0 bridgehead atoms. The van der Waals surface area contributed by atoms with Crippen molar-refractivity contribution in [1.29, 1.82) is 0 Å².